The van der Waals surface area contributed by atoms with Crippen molar-refractivity contribution in [3.05, 3.63) is 28.8 Å². The summed E-state index contributed by atoms with van der Waals surface area (Å²) >= 11 is 6.44. The van der Waals surface area contributed by atoms with E-state index in [0.717, 1.165) is 24.5 Å². The minimum atomic E-state index is 0.0872. The van der Waals surface area contributed by atoms with Crippen molar-refractivity contribution in [2.75, 3.05) is 11.4 Å². The first kappa shape index (κ1) is 17.3. The van der Waals surface area contributed by atoms with E-state index in [1.807, 2.05) is 12.1 Å². The standard InChI is InChI=1S/C17H29ClN2/c1-7-11-20(13(2)3)16-10-8-9-15(18)14(16)12-19-17(4,5)6/h8-10,13,19H,7,11-12H2,1-6H3. The molecule has 1 aromatic rings. The number of hydrogen-bond donors (Lipinski definition) is 1. The Balaban J connectivity index is 3.08. The Kier molecular flexibility index (Phi) is 6.35. The molecule has 1 aromatic carbocycles. The van der Waals surface area contributed by atoms with Gasteiger partial charge in [-0.3, -0.25) is 0 Å². The third-order valence-electron chi connectivity index (χ3n) is 3.29. The van der Waals surface area contributed by atoms with Crippen LogP contribution < -0.4 is 10.2 Å². The number of nitrogens with zero attached hydrogens (tertiary/aromatic N) is 1. The minimum absolute atomic E-state index is 0.0872. The van der Waals surface area contributed by atoms with E-state index in [1.54, 1.807) is 0 Å². The first-order valence-corrected chi connectivity index (χ1v) is 7.93. The zero-order valence-corrected chi connectivity index (χ0v) is 14.5. The molecule has 3 heteroatoms. The van der Waals surface area contributed by atoms with Gasteiger partial charge in [-0.25, -0.2) is 0 Å². The second-order valence-corrected chi connectivity index (χ2v) is 7.04. The summed E-state index contributed by atoms with van der Waals surface area (Å²) in [6.45, 7) is 15.1. The Morgan fingerprint density at radius 2 is 1.90 bits per heavy atom. The Morgan fingerprint density at radius 1 is 1.25 bits per heavy atom. The molecule has 0 atom stereocenters. The largest absolute Gasteiger partial charge is 0.369 e. The fraction of sp³-hybridized carbons (Fsp3) is 0.647. The molecule has 20 heavy (non-hydrogen) atoms. The summed E-state index contributed by atoms with van der Waals surface area (Å²) in [5.74, 6) is 0. The van der Waals surface area contributed by atoms with Crippen LogP contribution in [0.5, 0.6) is 0 Å². The lowest BCUT2D eigenvalue weighted by Crippen LogP contribution is -2.37. The molecular weight excluding hydrogens is 268 g/mol. The fourth-order valence-corrected chi connectivity index (χ4v) is 2.48. The zero-order chi connectivity index (χ0) is 15.3. The Morgan fingerprint density at radius 3 is 2.40 bits per heavy atom. The maximum absolute atomic E-state index is 6.44. The molecule has 0 unspecified atom stereocenters. The van der Waals surface area contributed by atoms with Gasteiger partial charge in [0.05, 0.1) is 0 Å². The highest BCUT2D eigenvalue weighted by Crippen LogP contribution is 2.29. The van der Waals surface area contributed by atoms with E-state index in [-0.39, 0.29) is 5.54 Å². The highest BCUT2D eigenvalue weighted by Gasteiger charge is 2.17. The average molecular weight is 297 g/mol. The number of hydrogen-bond acceptors (Lipinski definition) is 2. The van der Waals surface area contributed by atoms with Crippen molar-refractivity contribution in [3.8, 4) is 0 Å². The number of anilines is 1. The SMILES string of the molecule is CCCN(c1cccc(Cl)c1CNC(C)(C)C)C(C)C. The van der Waals surface area contributed by atoms with Crippen LogP contribution in [-0.2, 0) is 6.54 Å². The minimum Gasteiger partial charge on any atom is -0.369 e. The van der Waals surface area contributed by atoms with Gasteiger partial charge in [-0.1, -0.05) is 24.6 Å². The summed E-state index contributed by atoms with van der Waals surface area (Å²) < 4.78 is 0. The molecule has 1 N–H and O–H groups in total. The molecule has 114 valence electrons. The van der Waals surface area contributed by atoms with Crippen LogP contribution >= 0.6 is 11.6 Å². The average Bonchev–Trinajstić information content (AvgIpc) is 2.32. The highest BCUT2D eigenvalue weighted by molar-refractivity contribution is 6.31. The normalized spacial score (nSPS) is 12.0. The van der Waals surface area contributed by atoms with Crippen molar-refractivity contribution in [1.29, 1.82) is 0 Å². The predicted octanol–water partition coefficient (Wildman–Crippen LogP) is 4.85. The van der Waals surface area contributed by atoms with Gasteiger partial charge in [0.25, 0.3) is 0 Å². The van der Waals surface area contributed by atoms with Crippen molar-refractivity contribution in [3.63, 3.8) is 0 Å². The molecule has 0 aliphatic heterocycles. The van der Waals surface area contributed by atoms with Gasteiger partial charge < -0.3 is 10.2 Å². The van der Waals surface area contributed by atoms with Crippen LogP contribution in [0.1, 0.15) is 53.5 Å². The van der Waals surface area contributed by atoms with Crippen molar-refractivity contribution in [1.82, 2.24) is 5.32 Å². The lowest BCUT2D eigenvalue weighted by atomic mass is 10.1. The Bertz CT molecular complexity index is 421. The van der Waals surface area contributed by atoms with Crippen LogP contribution in [0.15, 0.2) is 18.2 Å². The van der Waals surface area contributed by atoms with E-state index in [0.29, 0.717) is 6.04 Å². The molecule has 0 aromatic heterocycles. The van der Waals surface area contributed by atoms with E-state index < -0.39 is 0 Å². The molecule has 0 amide bonds. The van der Waals surface area contributed by atoms with E-state index in [4.69, 9.17) is 11.6 Å². The van der Waals surface area contributed by atoms with Crippen LogP contribution in [-0.4, -0.2) is 18.1 Å². The quantitative estimate of drug-likeness (QED) is 0.807. The van der Waals surface area contributed by atoms with Gasteiger partial charge in [0.1, 0.15) is 0 Å². The Hall–Kier alpha value is -0.730. The smallest absolute Gasteiger partial charge is 0.0471 e. The van der Waals surface area contributed by atoms with Crippen molar-refractivity contribution >= 4 is 17.3 Å². The maximum Gasteiger partial charge on any atom is 0.0471 e. The van der Waals surface area contributed by atoms with Crippen LogP contribution in [0.3, 0.4) is 0 Å². The third-order valence-corrected chi connectivity index (χ3v) is 3.64. The third kappa shape index (κ3) is 4.99. The van der Waals surface area contributed by atoms with Crippen molar-refractivity contribution in [2.24, 2.45) is 0 Å². The van der Waals surface area contributed by atoms with Crippen LogP contribution in [0.4, 0.5) is 5.69 Å². The van der Waals surface area contributed by atoms with Gasteiger partial charge in [-0.15, -0.1) is 0 Å². The first-order valence-electron chi connectivity index (χ1n) is 7.55. The highest BCUT2D eigenvalue weighted by atomic mass is 35.5. The van der Waals surface area contributed by atoms with E-state index in [1.165, 1.54) is 11.3 Å². The van der Waals surface area contributed by atoms with E-state index in [2.05, 4.69) is 57.8 Å². The topological polar surface area (TPSA) is 15.3 Å². The number of halogens is 1. The summed E-state index contributed by atoms with van der Waals surface area (Å²) in [5, 5.41) is 4.39. The molecular formula is C17H29ClN2. The summed E-state index contributed by atoms with van der Waals surface area (Å²) in [4.78, 5) is 2.44. The fourth-order valence-electron chi connectivity index (χ4n) is 2.24. The molecule has 2 nitrogen and oxygen atoms in total. The summed E-state index contributed by atoms with van der Waals surface area (Å²) in [7, 11) is 0. The summed E-state index contributed by atoms with van der Waals surface area (Å²) in [6.07, 6.45) is 1.14. The number of benzene rings is 1. The number of nitrogens with one attached hydrogen (secondary N) is 1. The molecule has 0 saturated heterocycles. The van der Waals surface area contributed by atoms with Crippen LogP contribution in [0, 0.1) is 0 Å². The molecule has 0 aliphatic rings. The second kappa shape index (κ2) is 7.33. The van der Waals surface area contributed by atoms with E-state index >= 15 is 0 Å². The van der Waals surface area contributed by atoms with Crippen LogP contribution in [0.2, 0.25) is 5.02 Å². The Labute approximate surface area is 129 Å². The van der Waals surface area contributed by atoms with Gasteiger partial charge in [0.15, 0.2) is 0 Å². The maximum atomic E-state index is 6.44. The van der Waals surface area contributed by atoms with Crippen molar-refractivity contribution < 1.29 is 0 Å². The van der Waals surface area contributed by atoms with Gasteiger partial charge in [-0.05, 0) is 53.2 Å². The lowest BCUT2D eigenvalue weighted by Gasteiger charge is -2.32. The summed E-state index contributed by atoms with van der Waals surface area (Å²) in [6, 6.07) is 6.68. The lowest BCUT2D eigenvalue weighted by molar-refractivity contribution is 0.424. The van der Waals surface area contributed by atoms with Gasteiger partial charge in [0, 0.05) is 40.9 Å². The first-order chi connectivity index (χ1) is 9.26. The van der Waals surface area contributed by atoms with Crippen molar-refractivity contribution in [2.45, 2.75) is 66.1 Å². The molecule has 0 fully saturated rings. The predicted molar refractivity (Wildman–Crippen MR) is 90.8 cm³/mol. The second-order valence-electron chi connectivity index (χ2n) is 6.63. The zero-order valence-electron chi connectivity index (χ0n) is 13.8. The molecule has 0 radical (unpaired) electrons. The molecule has 1 rings (SSSR count). The molecule has 0 heterocycles. The molecule has 0 saturated carbocycles. The van der Waals surface area contributed by atoms with E-state index in [9.17, 15) is 0 Å². The number of rotatable bonds is 6. The monoisotopic (exact) mass is 296 g/mol. The van der Waals surface area contributed by atoms with Crippen LogP contribution in [0.25, 0.3) is 0 Å². The molecule has 0 aliphatic carbocycles. The van der Waals surface area contributed by atoms with Gasteiger partial charge >= 0.3 is 0 Å². The molecule has 0 spiro atoms. The summed E-state index contributed by atoms with van der Waals surface area (Å²) in [5.41, 5.74) is 2.54. The van der Waals surface area contributed by atoms with Gasteiger partial charge in [0.2, 0.25) is 0 Å². The molecule has 0 bridgehead atoms. The van der Waals surface area contributed by atoms with Gasteiger partial charge in [-0.2, -0.15) is 0 Å².